The zero-order valence-electron chi connectivity index (χ0n) is 15.8. The molecule has 1 aromatic heterocycles. The quantitative estimate of drug-likeness (QED) is 0.556. The smallest absolute Gasteiger partial charge is 0.248 e. The minimum atomic E-state index is -0.192. The Kier molecular flexibility index (Phi) is 6.94. The predicted molar refractivity (Wildman–Crippen MR) is 112 cm³/mol. The molecule has 0 bridgehead atoms. The van der Waals surface area contributed by atoms with Gasteiger partial charge in [0.15, 0.2) is 0 Å². The summed E-state index contributed by atoms with van der Waals surface area (Å²) in [5.41, 5.74) is 3.53. The third-order valence-electron chi connectivity index (χ3n) is 3.94. The number of hydrogen-bond acceptors (Lipinski definition) is 5. The number of nitrogens with zero attached hydrogens (tertiary/aromatic N) is 1. The number of hydrogen-bond donors (Lipinski definition) is 1. The van der Waals surface area contributed by atoms with Gasteiger partial charge in [0.1, 0.15) is 12.4 Å². The van der Waals surface area contributed by atoms with Crippen LogP contribution in [0.15, 0.2) is 60.0 Å². The molecule has 28 heavy (non-hydrogen) atoms. The van der Waals surface area contributed by atoms with E-state index in [1.165, 1.54) is 6.08 Å². The molecule has 3 rings (SSSR count). The van der Waals surface area contributed by atoms with E-state index >= 15 is 0 Å². The van der Waals surface area contributed by atoms with Crippen molar-refractivity contribution in [3.05, 3.63) is 81.8 Å². The van der Waals surface area contributed by atoms with Crippen LogP contribution in [-0.4, -0.2) is 18.0 Å². The maximum Gasteiger partial charge on any atom is 0.248 e. The van der Waals surface area contributed by atoms with Crippen molar-refractivity contribution in [3.8, 4) is 5.75 Å². The van der Waals surface area contributed by atoms with Gasteiger partial charge in [-0.05, 0) is 36.8 Å². The number of amides is 1. The van der Waals surface area contributed by atoms with Gasteiger partial charge in [-0.3, -0.25) is 4.79 Å². The van der Waals surface area contributed by atoms with Crippen molar-refractivity contribution < 1.29 is 14.3 Å². The summed E-state index contributed by atoms with van der Waals surface area (Å²) in [5.74, 6) is 0.573. The van der Waals surface area contributed by atoms with E-state index in [0.29, 0.717) is 13.2 Å². The molecule has 0 aliphatic rings. The van der Waals surface area contributed by atoms with Gasteiger partial charge in [0.2, 0.25) is 5.91 Å². The Morgan fingerprint density at radius 1 is 1.14 bits per heavy atom. The molecule has 0 saturated heterocycles. The molecule has 144 valence electrons. The second kappa shape index (κ2) is 9.82. The lowest BCUT2D eigenvalue weighted by Crippen LogP contribution is -2.10. The fourth-order valence-electron chi connectivity index (χ4n) is 2.58. The topological polar surface area (TPSA) is 60.5 Å². The fourth-order valence-corrected chi connectivity index (χ4v) is 3.17. The lowest BCUT2D eigenvalue weighted by molar-refractivity contribution is -0.111. The van der Waals surface area contributed by atoms with Crippen LogP contribution in [0.3, 0.4) is 0 Å². The Morgan fingerprint density at radius 2 is 1.93 bits per heavy atom. The average molecular weight is 394 g/mol. The number of benzene rings is 2. The molecule has 3 aromatic rings. The van der Waals surface area contributed by atoms with E-state index in [4.69, 9.17) is 9.47 Å². The summed E-state index contributed by atoms with van der Waals surface area (Å²) in [6, 6.07) is 15.2. The van der Waals surface area contributed by atoms with Crippen LogP contribution in [0.1, 0.15) is 21.8 Å². The second-order valence-electron chi connectivity index (χ2n) is 6.13. The number of carbonyl (C=O) groups is 1. The molecule has 1 N–H and O–H groups in total. The molecule has 2 aromatic carbocycles. The van der Waals surface area contributed by atoms with Crippen LogP contribution >= 0.6 is 11.3 Å². The largest absolute Gasteiger partial charge is 0.487 e. The maximum absolute atomic E-state index is 12.2. The third-order valence-corrected chi connectivity index (χ3v) is 4.76. The van der Waals surface area contributed by atoms with E-state index in [9.17, 15) is 4.79 Å². The maximum atomic E-state index is 12.2. The van der Waals surface area contributed by atoms with Crippen LogP contribution in [0, 0.1) is 6.92 Å². The van der Waals surface area contributed by atoms with Gasteiger partial charge >= 0.3 is 0 Å². The van der Waals surface area contributed by atoms with Crippen LogP contribution < -0.4 is 10.1 Å². The highest BCUT2D eigenvalue weighted by atomic mass is 32.1. The van der Waals surface area contributed by atoms with Gasteiger partial charge in [0.25, 0.3) is 0 Å². The van der Waals surface area contributed by atoms with Crippen molar-refractivity contribution in [2.45, 2.75) is 20.1 Å². The lowest BCUT2D eigenvalue weighted by atomic mass is 10.2. The monoisotopic (exact) mass is 394 g/mol. The first-order valence-electron chi connectivity index (χ1n) is 8.84. The molecule has 6 heteroatoms. The molecule has 5 nitrogen and oxygen atoms in total. The van der Waals surface area contributed by atoms with Crippen LogP contribution in [0.25, 0.3) is 6.08 Å². The Morgan fingerprint density at radius 3 is 2.64 bits per heavy atom. The Hall–Kier alpha value is -2.96. The lowest BCUT2D eigenvalue weighted by Gasteiger charge is -2.08. The molecule has 0 radical (unpaired) electrons. The number of nitrogens with one attached hydrogen (secondary N) is 1. The van der Waals surface area contributed by atoms with Gasteiger partial charge in [0.05, 0.1) is 17.3 Å². The van der Waals surface area contributed by atoms with Crippen molar-refractivity contribution in [2.24, 2.45) is 0 Å². The number of anilines is 1. The summed E-state index contributed by atoms with van der Waals surface area (Å²) < 4.78 is 10.9. The number of para-hydroxylation sites is 1. The van der Waals surface area contributed by atoms with Crippen molar-refractivity contribution in [1.29, 1.82) is 0 Å². The number of thiazole rings is 1. The Labute approximate surface area is 168 Å². The number of ether oxygens (including phenoxy) is 2. The Balaban J connectivity index is 1.54. The number of aromatic nitrogens is 1. The SMILES string of the molecule is COCc1ccccc1NC(=O)/C=C/c1ccc(OCc2csc(C)n2)cc1. The second-order valence-corrected chi connectivity index (χ2v) is 7.19. The zero-order chi connectivity index (χ0) is 19.8. The number of methoxy groups -OCH3 is 1. The number of carbonyl (C=O) groups excluding carboxylic acids is 1. The summed E-state index contributed by atoms with van der Waals surface area (Å²) >= 11 is 1.61. The van der Waals surface area contributed by atoms with E-state index in [2.05, 4.69) is 10.3 Å². The van der Waals surface area contributed by atoms with Gasteiger partial charge in [0, 0.05) is 29.8 Å². The summed E-state index contributed by atoms with van der Waals surface area (Å²) in [4.78, 5) is 16.6. The van der Waals surface area contributed by atoms with Crippen LogP contribution in [-0.2, 0) is 22.7 Å². The molecule has 0 aliphatic carbocycles. The predicted octanol–water partition coefficient (Wildman–Crippen LogP) is 4.83. The molecule has 1 heterocycles. The van der Waals surface area contributed by atoms with Crippen LogP contribution in [0.5, 0.6) is 5.75 Å². The minimum absolute atomic E-state index is 0.192. The van der Waals surface area contributed by atoms with Gasteiger partial charge in [-0.2, -0.15) is 0 Å². The van der Waals surface area contributed by atoms with E-state index in [-0.39, 0.29) is 5.91 Å². The van der Waals surface area contributed by atoms with Crippen molar-refractivity contribution >= 4 is 29.0 Å². The highest BCUT2D eigenvalue weighted by Crippen LogP contribution is 2.18. The summed E-state index contributed by atoms with van der Waals surface area (Å²) in [6.45, 7) is 2.87. The molecule has 1 amide bonds. The normalized spacial score (nSPS) is 10.9. The van der Waals surface area contributed by atoms with Crippen molar-refractivity contribution in [3.63, 3.8) is 0 Å². The van der Waals surface area contributed by atoms with E-state index in [1.807, 2.05) is 60.8 Å². The molecule has 0 spiro atoms. The highest BCUT2D eigenvalue weighted by molar-refractivity contribution is 7.09. The first-order chi connectivity index (χ1) is 13.6. The highest BCUT2D eigenvalue weighted by Gasteiger charge is 2.04. The van der Waals surface area contributed by atoms with Gasteiger partial charge in [-0.15, -0.1) is 11.3 Å². The van der Waals surface area contributed by atoms with Crippen LogP contribution in [0.2, 0.25) is 0 Å². The molecule has 0 aliphatic heterocycles. The average Bonchev–Trinajstić information content (AvgIpc) is 3.12. The summed E-state index contributed by atoms with van der Waals surface area (Å²) in [7, 11) is 1.63. The standard InChI is InChI=1S/C22H22N2O3S/c1-16-23-19(15-28-16)14-27-20-10-7-17(8-11-20)9-12-22(25)24-21-6-4-3-5-18(21)13-26-2/h3-12,15H,13-14H2,1-2H3,(H,24,25)/b12-9+. The fraction of sp³-hybridized carbons (Fsp3) is 0.182. The molecule has 0 saturated carbocycles. The molecular weight excluding hydrogens is 372 g/mol. The number of rotatable bonds is 8. The first-order valence-corrected chi connectivity index (χ1v) is 9.72. The van der Waals surface area contributed by atoms with Gasteiger partial charge in [-0.25, -0.2) is 4.98 Å². The number of aryl methyl sites for hydroxylation is 1. The van der Waals surface area contributed by atoms with Crippen molar-refractivity contribution in [1.82, 2.24) is 4.98 Å². The van der Waals surface area contributed by atoms with E-state index in [1.54, 1.807) is 24.5 Å². The van der Waals surface area contributed by atoms with E-state index < -0.39 is 0 Å². The van der Waals surface area contributed by atoms with E-state index in [0.717, 1.165) is 33.3 Å². The minimum Gasteiger partial charge on any atom is -0.487 e. The van der Waals surface area contributed by atoms with Crippen LogP contribution in [0.4, 0.5) is 5.69 Å². The molecular formula is C22H22N2O3S. The third kappa shape index (κ3) is 5.77. The summed E-state index contributed by atoms with van der Waals surface area (Å²) in [6.07, 6.45) is 3.28. The molecule has 0 atom stereocenters. The first kappa shape index (κ1) is 19.8. The van der Waals surface area contributed by atoms with Crippen molar-refractivity contribution in [2.75, 3.05) is 12.4 Å². The summed E-state index contributed by atoms with van der Waals surface area (Å²) in [5, 5.41) is 5.91. The zero-order valence-corrected chi connectivity index (χ0v) is 16.7. The Bertz CT molecular complexity index is 948. The molecule has 0 unspecified atom stereocenters. The molecule has 0 fully saturated rings. The van der Waals surface area contributed by atoms with Gasteiger partial charge < -0.3 is 14.8 Å². The van der Waals surface area contributed by atoms with Gasteiger partial charge in [-0.1, -0.05) is 30.3 Å².